The highest BCUT2D eigenvalue weighted by molar-refractivity contribution is 9.10. The van der Waals surface area contributed by atoms with E-state index in [0.717, 1.165) is 0 Å². The monoisotopic (exact) mass is 332 g/mol. The maximum Gasteiger partial charge on any atom is 0.179 e. The van der Waals surface area contributed by atoms with Gasteiger partial charge in [0, 0.05) is 6.42 Å². The number of hydrogen-bond acceptors (Lipinski definition) is 2. The van der Waals surface area contributed by atoms with Gasteiger partial charge in [-0.3, -0.25) is 4.79 Å². The molecule has 1 aromatic carbocycles. The van der Waals surface area contributed by atoms with Gasteiger partial charge in [-0.25, -0.2) is 0 Å². The summed E-state index contributed by atoms with van der Waals surface area (Å²) in [6.07, 6.45) is 1.65. The average molecular weight is 334 g/mol. The first-order valence-electron chi connectivity index (χ1n) is 4.78. The van der Waals surface area contributed by atoms with Gasteiger partial charge in [-0.15, -0.1) is 0 Å². The van der Waals surface area contributed by atoms with Crippen molar-refractivity contribution in [2.75, 3.05) is 0 Å². The second-order valence-corrected chi connectivity index (χ2v) is 4.93. The minimum atomic E-state index is -0.0743. The molecule has 5 heteroatoms. The van der Waals surface area contributed by atoms with Crippen molar-refractivity contribution in [3.63, 3.8) is 0 Å². The Hall–Kier alpha value is -0.770. The van der Waals surface area contributed by atoms with Crippen molar-refractivity contribution in [2.45, 2.75) is 6.42 Å². The Balaban J connectivity index is 2.25. The van der Waals surface area contributed by atoms with E-state index in [4.69, 9.17) is 27.6 Å². The van der Waals surface area contributed by atoms with Crippen LogP contribution in [0, 0.1) is 0 Å². The maximum atomic E-state index is 12.0. The topological polar surface area (TPSA) is 30.2 Å². The third-order valence-corrected chi connectivity index (χ3v) is 3.77. The van der Waals surface area contributed by atoms with Crippen LogP contribution in [-0.4, -0.2) is 5.78 Å². The van der Waals surface area contributed by atoms with Gasteiger partial charge in [0.1, 0.15) is 0 Å². The number of furan rings is 1. The Bertz CT molecular complexity index is 563. The maximum absolute atomic E-state index is 12.0. The first-order valence-corrected chi connectivity index (χ1v) is 6.33. The standard InChI is InChI=1S/C12H7BrCl2O2/c13-12-8(4-5-17-12)10(16)6-7-2-1-3-9(14)11(7)15/h1-5H,6H2. The smallest absolute Gasteiger partial charge is 0.179 e. The van der Waals surface area contributed by atoms with Gasteiger partial charge in [0.05, 0.1) is 21.9 Å². The molecule has 0 aliphatic rings. The van der Waals surface area contributed by atoms with E-state index in [0.29, 0.717) is 25.8 Å². The highest BCUT2D eigenvalue weighted by Crippen LogP contribution is 2.27. The number of benzene rings is 1. The van der Waals surface area contributed by atoms with Crippen LogP contribution in [0.1, 0.15) is 15.9 Å². The lowest BCUT2D eigenvalue weighted by atomic mass is 10.1. The highest BCUT2D eigenvalue weighted by atomic mass is 79.9. The largest absolute Gasteiger partial charge is 0.457 e. The van der Waals surface area contributed by atoms with E-state index in [2.05, 4.69) is 15.9 Å². The molecule has 0 saturated heterocycles. The Morgan fingerprint density at radius 2 is 2.06 bits per heavy atom. The molecule has 0 saturated carbocycles. The fourth-order valence-electron chi connectivity index (χ4n) is 1.45. The van der Waals surface area contributed by atoms with Crippen LogP contribution in [0.4, 0.5) is 0 Å². The first-order chi connectivity index (χ1) is 8.09. The van der Waals surface area contributed by atoms with E-state index in [1.807, 2.05) is 0 Å². The molecule has 0 radical (unpaired) electrons. The molecular formula is C12H7BrCl2O2. The van der Waals surface area contributed by atoms with E-state index in [9.17, 15) is 4.79 Å². The molecule has 1 heterocycles. The molecule has 17 heavy (non-hydrogen) atoms. The molecule has 88 valence electrons. The summed E-state index contributed by atoms with van der Waals surface area (Å²) < 4.78 is 5.45. The normalized spacial score (nSPS) is 10.5. The molecular weight excluding hydrogens is 327 g/mol. The van der Waals surface area contributed by atoms with Crippen LogP contribution in [0.2, 0.25) is 10.0 Å². The molecule has 2 nitrogen and oxygen atoms in total. The molecule has 0 aliphatic heterocycles. The molecule has 0 aliphatic carbocycles. The van der Waals surface area contributed by atoms with Crippen LogP contribution in [0.5, 0.6) is 0 Å². The van der Waals surface area contributed by atoms with Crippen molar-refractivity contribution in [3.05, 3.63) is 56.4 Å². The van der Waals surface area contributed by atoms with Crippen molar-refractivity contribution in [1.29, 1.82) is 0 Å². The van der Waals surface area contributed by atoms with Gasteiger partial charge in [-0.2, -0.15) is 0 Å². The van der Waals surface area contributed by atoms with Gasteiger partial charge in [-0.1, -0.05) is 35.3 Å². The van der Waals surface area contributed by atoms with Gasteiger partial charge >= 0.3 is 0 Å². The van der Waals surface area contributed by atoms with E-state index >= 15 is 0 Å². The van der Waals surface area contributed by atoms with Gasteiger partial charge < -0.3 is 4.42 Å². The van der Waals surface area contributed by atoms with Crippen LogP contribution < -0.4 is 0 Å². The molecule has 0 fully saturated rings. The van der Waals surface area contributed by atoms with E-state index in [1.165, 1.54) is 6.26 Å². The Kier molecular flexibility index (Phi) is 3.92. The van der Waals surface area contributed by atoms with E-state index in [-0.39, 0.29) is 12.2 Å². The number of rotatable bonds is 3. The lowest BCUT2D eigenvalue weighted by Crippen LogP contribution is -2.03. The Morgan fingerprint density at radius 3 is 2.71 bits per heavy atom. The Labute approximate surface area is 117 Å². The lowest BCUT2D eigenvalue weighted by Gasteiger charge is -2.04. The van der Waals surface area contributed by atoms with Crippen molar-refractivity contribution in [3.8, 4) is 0 Å². The molecule has 0 N–H and O–H groups in total. The zero-order valence-corrected chi connectivity index (χ0v) is 11.6. The van der Waals surface area contributed by atoms with Gasteiger partial charge in [0.2, 0.25) is 0 Å². The first kappa shape index (κ1) is 12.7. The van der Waals surface area contributed by atoms with Gasteiger partial charge in [-0.05, 0) is 33.6 Å². The average Bonchev–Trinajstić information content (AvgIpc) is 2.71. The predicted octanol–water partition coefficient (Wildman–Crippen LogP) is 4.77. The summed E-state index contributed by atoms with van der Waals surface area (Å²) >= 11 is 15.1. The Morgan fingerprint density at radius 1 is 1.29 bits per heavy atom. The SMILES string of the molecule is O=C(Cc1cccc(Cl)c1Cl)c1ccoc1Br. The minimum Gasteiger partial charge on any atom is -0.457 e. The highest BCUT2D eigenvalue weighted by Gasteiger charge is 2.15. The quantitative estimate of drug-likeness (QED) is 0.757. The summed E-state index contributed by atoms with van der Waals surface area (Å²) in [7, 11) is 0. The van der Waals surface area contributed by atoms with E-state index < -0.39 is 0 Å². The van der Waals surface area contributed by atoms with Crippen LogP contribution >= 0.6 is 39.1 Å². The van der Waals surface area contributed by atoms with Crippen LogP contribution in [0.25, 0.3) is 0 Å². The second kappa shape index (κ2) is 5.25. The number of hydrogen-bond donors (Lipinski definition) is 0. The third-order valence-electron chi connectivity index (χ3n) is 2.30. The molecule has 0 spiro atoms. The lowest BCUT2D eigenvalue weighted by molar-refractivity contribution is 0.0991. The predicted molar refractivity (Wildman–Crippen MR) is 70.9 cm³/mol. The summed E-state index contributed by atoms with van der Waals surface area (Å²) in [5, 5.41) is 0.866. The van der Waals surface area contributed by atoms with Crippen molar-refractivity contribution in [2.24, 2.45) is 0 Å². The van der Waals surface area contributed by atoms with E-state index in [1.54, 1.807) is 24.3 Å². The fraction of sp³-hybridized carbons (Fsp3) is 0.0833. The number of Topliss-reactive ketones (excluding diaryl/α,β-unsaturated/α-hetero) is 1. The van der Waals surface area contributed by atoms with Crippen LogP contribution in [-0.2, 0) is 6.42 Å². The molecule has 1 aromatic heterocycles. The molecule has 2 aromatic rings. The van der Waals surface area contributed by atoms with Crippen LogP contribution in [0.3, 0.4) is 0 Å². The third kappa shape index (κ3) is 2.73. The van der Waals surface area contributed by atoms with Crippen molar-refractivity contribution in [1.82, 2.24) is 0 Å². The van der Waals surface area contributed by atoms with Crippen LogP contribution in [0.15, 0.2) is 39.6 Å². The number of halogens is 3. The molecule has 0 atom stereocenters. The summed E-state index contributed by atoms with van der Waals surface area (Å²) in [5.74, 6) is -0.0743. The molecule has 0 unspecified atom stereocenters. The zero-order valence-electron chi connectivity index (χ0n) is 8.54. The molecule has 0 bridgehead atoms. The number of ketones is 1. The molecule has 2 rings (SSSR count). The molecule has 0 amide bonds. The zero-order chi connectivity index (χ0) is 12.4. The second-order valence-electron chi connectivity index (χ2n) is 3.42. The summed E-state index contributed by atoms with van der Waals surface area (Å²) in [4.78, 5) is 12.0. The van der Waals surface area contributed by atoms with Crippen molar-refractivity contribution >= 4 is 44.9 Å². The fourth-order valence-corrected chi connectivity index (χ4v) is 2.29. The number of carbonyl (C=O) groups excluding carboxylic acids is 1. The minimum absolute atomic E-state index is 0.0743. The summed E-state index contributed by atoms with van der Waals surface area (Å²) in [6.45, 7) is 0. The summed E-state index contributed by atoms with van der Waals surface area (Å²) in [5.41, 5.74) is 1.21. The van der Waals surface area contributed by atoms with Gasteiger partial charge in [0.15, 0.2) is 10.5 Å². The van der Waals surface area contributed by atoms with Gasteiger partial charge in [0.25, 0.3) is 0 Å². The van der Waals surface area contributed by atoms with Crippen molar-refractivity contribution < 1.29 is 9.21 Å². The summed E-state index contributed by atoms with van der Waals surface area (Å²) in [6, 6.07) is 6.85. The number of carbonyl (C=O) groups is 1.